The van der Waals surface area contributed by atoms with E-state index in [0.29, 0.717) is 28.0 Å². The molecule has 0 unspecified atom stereocenters. The Labute approximate surface area is 447 Å². The van der Waals surface area contributed by atoms with Gasteiger partial charge in [0, 0.05) is 31.5 Å². The molecule has 0 aliphatic carbocycles. The van der Waals surface area contributed by atoms with Gasteiger partial charge < -0.3 is 92.8 Å². The van der Waals surface area contributed by atoms with Crippen LogP contribution >= 0.6 is 0 Å². The zero-order valence-electron chi connectivity index (χ0n) is 43.0. The van der Waals surface area contributed by atoms with Crippen LogP contribution in [0.3, 0.4) is 0 Å². The van der Waals surface area contributed by atoms with Crippen LogP contribution in [-0.2, 0) is 33.6 Å². The van der Waals surface area contributed by atoms with Gasteiger partial charge in [-0.3, -0.25) is 38.4 Å². The molecule has 16 N–H and O–H groups in total. The minimum absolute atomic E-state index is 0.000127. The molecule has 0 radical (unpaired) electrons. The van der Waals surface area contributed by atoms with Crippen LogP contribution in [0.25, 0.3) is 10.8 Å². The number of rotatable bonds is 16. The first-order valence-corrected chi connectivity index (χ1v) is 25.8. The SMILES string of the molecule is CCCCCCCOc1ccc2cc(C(=O)N[C@H]3C[C@@H](O)[C@@H](O)NC(=O)[C@@H]4[C@@H](O)CCN4C(=O)[C@H]([C@H](O)CC(N)=O)NC(=O)[C@H]([C@H](O)[C@@H](O)c4ccc(O)cc4)NC(=O)[C@@H]4C[C@@H](O)CN4C(=O)[C@H]([C@H](C)O)NC3=O)ccc2c1. The third kappa shape index (κ3) is 14.9. The van der Waals surface area contributed by atoms with Crippen molar-refractivity contribution in [3.05, 3.63) is 71.8 Å². The molecular weight excluding hydrogens is 1020 g/mol. The largest absolute Gasteiger partial charge is 0.508 e. The van der Waals surface area contributed by atoms with Gasteiger partial charge in [-0.05, 0) is 72.5 Å². The highest BCUT2D eigenvalue weighted by Crippen LogP contribution is 2.27. The molecule has 0 saturated carbocycles. The highest BCUT2D eigenvalue weighted by Gasteiger charge is 2.49. The van der Waals surface area contributed by atoms with Gasteiger partial charge >= 0.3 is 0 Å². The highest BCUT2D eigenvalue weighted by molar-refractivity contribution is 6.02. The number of phenolic OH excluding ortho intramolecular Hbond substituents is 1. The van der Waals surface area contributed by atoms with Gasteiger partial charge in [0.15, 0.2) is 6.23 Å². The second kappa shape index (κ2) is 27.0. The zero-order valence-corrected chi connectivity index (χ0v) is 43.0. The third-order valence-corrected chi connectivity index (χ3v) is 14.0. The predicted octanol–water partition coefficient (Wildman–Crippen LogP) is -3.72. The summed E-state index contributed by atoms with van der Waals surface area (Å²) in [6.45, 7) is 2.63. The first kappa shape index (κ1) is 60.2. The van der Waals surface area contributed by atoms with E-state index in [1.807, 2.05) is 5.32 Å². The summed E-state index contributed by atoms with van der Waals surface area (Å²) in [5.74, 6) is -9.76. The monoisotopic (exact) mass is 1090 g/mol. The normalized spacial score (nSPS) is 27.5. The topological polar surface area (TPSA) is 421 Å². The standard InChI is InChI=1S/C52H70N8O18/c1-3-4-5-6-7-18-78-32-15-12-27-19-29(9-8-28(27)20-32)45(70)54-33-22-37(66)48(73)58-50(75)42-35(64)16-17-59(42)52(77)40(36(65)23-38(53)67)56-49(74)41(44(69)43(68)26-10-13-30(62)14-11-26)57-47(72)34-21-31(63)24-60(34)51(76)39(25(2)61)55-46(33)71/h8-15,19-20,25,31,33-37,39-44,48,61-66,68-69,73H,3-7,16-18,21-24H2,1-2H3,(H2,53,67)(H,54,70)(H,55,71)(H,56,74)(H,57,72)(H,58,75)/t25-,31+,33-,34-,35-,36+,37+,39-,40-,41-,42-,43-,44-,48+/m0/s1. The van der Waals surface area contributed by atoms with E-state index in [2.05, 4.69) is 28.2 Å². The molecule has 3 aromatic rings. The Kier molecular flexibility index (Phi) is 20.9. The molecular formula is C52H70N8O18. The van der Waals surface area contributed by atoms with E-state index in [9.17, 15) is 84.3 Å². The van der Waals surface area contributed by atoms with Crippen molar-refractivity contribution >= 4 is 58.0 Å². The Bertz CT molecular complexity index is 2640. The molecule has 26 heteroatoms. The van der Waals surface area contributed by atoms with Gasteiger partial charge in [0.05, 0.1) is 37.4 Å². The van der Waals surface area contributed by atoms with Crippen LogP contribution in [-0.4, -0.2) is 202 Å². The molecule has 0 spiro atoms. The number of amides is 8. The van der Waals surface area contributed by atoms with Crippen LogP contribution in [0.5, 0.6) is 11.5 Å². The summed E-state index contributed by atoms with van der Waals surface area (Å²) in [6, 6.07) is 2.08. The van der Waals surface area contributed by atoms with Crippen LogP contribution in [0.2, 0.25) is 0 Å². The summed E-state index contributed by atoms with van der Waals surface area (Å²) in [5, 5.41) is 112. The van der Waals surface area contributed by atoms with E-state index in [0.717, 1.165) is 68.2 Å². The van der Waals surface area contributed by atoms with Crippen molar-refractivity contribution in [1.82, 2.24) is 36.4 Å². The summed E-state index contributed by atoms with van der Waals surface area (Å²) in [6.07, 6.45) is -13.7. The van der Waals surface area contributed by atoms with Gasteiger partial charge in [-0.2, -0.15) is 0 Å². The van der Waals surface area contributed by atoms with Gasteiger partial charge in [-0.1, -0.05) is 56.9 Å². The number of aromatic hydroxyl groups is 1. The number of benzene rings is 3. The molecule has 0 aromatic heterocycles. The second-order valence-electron chi connectivity index (χ2n) is 20.0. The van der Waals surface area contributed by atoms with E-state index in [-0.39, 0.29) is 23.3 Å². The number of nitrogens with two attached hydrogens (primary N) is 1. The second-order valence-corrected chi connectivity index (χ2v) is 20.0. The van der Waals surface area contributed by atoms with Crippen molar-refractivity contribution in [2.45, 2.75) is 157 Å². The van der Waals surface area contributed by atoms with Gasteiger partial charge in [-0.15, -0.1) is 0 Å². The number of nitrogens with one attached hydrogen (secondary N) is 5. The van der Waals surface area contributed by atoms with Crippen LogP contribution in [0.4, 0.5) is 0 Å². The molecule has 26 nitrogen and oxygen atoms in total. The number of nitrogens with zero attached hydrogens (tertiary/aromatic N) is 2. The Morgan fingerprint density at radius 3 is 2.05 bits per heavy atom. The number of primary amides is 1. The molecule has 0 bridgehead atoms. The first-order valence-electron chi connectivity index (χ1n) is 25.8. The third-order valence-electron chi connectivity index (χ3n) is 14.0. The van der Waals surface area contributed by atoms with Gasteiger partial charge in [0.2, 0.25) is 41.4 Å². The lowest BCUT2D eigenvalue weighted by Gasteiger charge is -2.34. The zero-order chi connectivity index (χ0) is 57.1. The molecule has 78 heavy (non-hydrogen) atoms. The Balaban J connectivity index is 1.36. The van der Waals surface area contributed by atoms with E-state index in [1.54, 1.807) is 24.3 Å². The van der Waals surface area contributed by atoms with Gasteiger partial charge in [0.25, 0.3) is 5.91 Å². The molecule has 3 aromatic carbocycles. The van der Waals surface area contributed by atoms with E-state index in [4.69, 9.17) is 10.5 Å². The molecule has 426 valence electrons. The number of aliphatic hydroxyl groups excluding tert-OH is 8. The minimum Gasteiger partial charge on any atom is -0.508 e. The smallest absolute Gasteiger partial charge is 0.251 e. The average Bonchev–Trinajstić information content (AvgIpc) is 4.02. The van der Waals surface area contributed by atoms with E-state index < -0.39 is 165 Å². The number of aliphatic hydroxyl groups is 8. The fraction of sp³-hybridized carbons (Fsp3) is 0.538. The molecule has 6 rings (SSSR count). The fourth-order valence-electron chi connectivity index (χ4n) is 9.66. The summed E-state index contributed by atoms with van der Waals surface area (Å²) < 4.78 is 5.92. The molecule has 3 fully saturated rings. The Morgan fingerprint density at radius 2 is 1.37 bits per heavy atom. The Hall–Kier alpha value is -7.04. The van der Waals surface area contributed by atoms with Crippen LogP contribution in [0.1, 0.15) is 93.7 Å². The number of phenols is 1. The summed E-state index contributed by atoms with van der Waals surface area (Å²) in [7, 11) is 0. The fourth-order valence-corrected chi connectivity index (χ4v) is 9.66. The van der Waals surface area contributed by atoms with Crippen molar-refractivity contribution in [3.8, 4) is 11.5 Å². The van der Waals surface area contributed by atoms with Crippen molar-refractivity contribution in [2.75, 3.05) is 19.7 Å². The number of unbranched alkanes of at least 4 members (excludes halogenated alkanes) is 4. The number of fused-ring (bicyclic) bond motifs is 3. The maximum absolute atomic E-state index is 14.5. The number of carbonyl (C=O) groups is 8. The quantitative estimate of drug-likeness (QED) is 0.0614. The van der Waals surface area contributed by atoms with Gasteiger partial charge in [0.1, 0.15) is 66.1 Å². The number of hydrogen-bond donors (Lipinski definition) is 15. The number of hydrogen-bond acceptors (Lipinski definition) is 18. The van der Waals surface area contributed by atoms with Crippen LogP contribution in [0.15, 0.2) is 60.7 Å². The Morgan fingerprint density at radius 1 is 0.731 bits per heavy atom. The lowest BCUT2D eigenvalue weighted by Crippen LogP contribution is -2.64. The van der Waals surface area contributed by atoms with Crippen LogP contribution in [0, 0.1) is 0 Å². The van der Waals surface area contributed by atoms with Gasteiger partial charge in [-0.25, -0.2) is 0 Å². The van der Waals surface area contributed by atoms with E-state index in [1.165, 1.54) is 12.1 Å². The van der Waals surface area contributed by atoms with Crippen molar-refractivity contribution in [1.29, 1.82) is 0 Å². The van der Waals surface area contributed by atoms with E-state index >= 15 is 0 Å². The molecule has 3 aliphatic heterocycles. The first-order chi connectivity index (χ1) is 37.0. The number of carbonyl (C=O) groups excluding carboxylic acids is 8. The molecule has 14 atom stereocenters. The maximum Gasteiger partial charge on any atom is 0.251 e. The summed E-state index contributed by atoms with van der Waals surface area (Å²) in [4.78, 5) is 114. The lowest BCUT2D eigenvalue weighted by molar-refractivity contribution is -0.149. The molecule has 8 amide bonds. The number of ether oxygens (including phenoxy) is 1. The average molecular weight is 1100 g/mol. The van der Waals surface area contributed by atoms with Crippen molar-refractivity contribution < 1.29 is 89.1 Å². The minimum atomic E-state index is -2.38. The molecule has 3 heterocycles. The highest BCUT2D eigenvalue weighted by atomic mass is 16.5. The maximum atomic E-state index is 14.5. The van der Waals surface area contributed by atoms with Crippen molar-refractivity contribution in [3.63, 3.8) is 0 Å². The summed E-state index contributed by atoms with van der Waals surface area (Å²) in [5.41, 5.74) is 5.21. The lowest BCUT2D eigenvalue weighted by atomic mass is 9.96. The summed E-state index contributed by atoms with van der Waals surface area (Å²) >= 11 is 0. The van der Waals surface area contributed by atoms with Crippen molar-refractivity contribution in [2.24, 2.45) is 5.73 Å². The molecule has 3 aliphatic rings. The predicted molar refractivity (Wildman–Crippen MR) is 273 cm³/mol. The van der Waals surface area contributed by atoms with Crippen LogP contribution < -0.4 is 37.1 Å². The molecule has 3 saturated heterocycles.